The number of hydrogen-bond acceptors (Lipinski definition) is 10. The van der Waals surface area contributed by atoms with E-state index in [1.165, 1.54) is 0 Å². The predicted molar refractivity (Wildman–Crippen MR) is 216 cm³/mol. The fourth-order valence-corrected chi connectivity index (χ4v) is 7.46. The molecule has 3 aromatic carbocycles. The number of nitrogens with one attached hydrogen (secondary N) is 1. The monoisotopic (exact) mass is 785 g/mol. The van der Waals surface area contributed by atoms with E-state index < -0.39 is 6.10 Å². The summed E-state index contributed by atoms with van der Waals surface area (Å²) >= 11 is 0. The lowest BCUT2D eigenvalue weighted by Crippen LogP contribution is -2.40. The number of carbonyl (C=O) groups excluding carboxylic acids is 2. The molecule has 11 heteroatoms. The van der Waals surface area contributed by atoms with Crippen LogP contribution < -0.4 is 14.8 Å². The van der Waals surface area contributed by atoms with Gasteiger partial charge in [-0.15, -0.1) is 0 Å². The molecule has 6 rings (SSSR count). The second-order valence-electron chi connectivity index (χ2n) is 15.0. The average Bonchev–Trinajstić information content (AvgIpc) is 3.54. The van der Waals surface area contributed by atoms with Crippen LogP contribution in [-0.2, 0) is 28.5 Å². The Morgan fingerprint density at radius 1 is 0.789 bits per heavy atom. The topological polar surface area (TPSA) is 131 Å². The van der Waals surface area contributed by atoms with Gasteiger partial charge in [-0.1, -0.05) is 55.0 Å². The summed E-state index contributed by atoms with van der Waals surface area (Å²) in [6, 6.07) is 25.5. The number of esters is 1. The van der Waals surface area contributed by atoms with Crippen LogP contribution in [0.25, 0.3) is 0 Å². The summed E-state index contributed by atoms with van der Waals surface area (Å²) in [6.07, 6.45) is 12.8. The van der Waals surface area contributed by atoms with Crippen molar-refractivity contribution >= 4 is 17.6 Å². The molecule has 0 radical (unpaired) electrons. The Morgan fingerprint density at radius 3 is 2.23 bits per heavy atom. The normalized spacial score (nSPS) is 24.2. The molecule has 0 spiro atoms. The van der Waals surface area contributed by atoms with Crippen LogP contribution in [0.5, 0.6) is 11.5 Å². The van der Waals surface area contributed by atoms with Gasteiger partial charge in [-0.2, -0.15) is 0 Å². The molecule has 0 bridgehead atoms. The zero-order valence-corrected chi connectivity index (χ0v) is 32.9. The van der Waals surface area contributed by atoms with Crippen molar-refractivity contribution in [1.29, 1.82) is 0 Å². The number of para-hydroxylation sites is 1. The first kappa shape index (κ1) is 42.5. The Labute approximate surface area is 337 Å². The first-order valence-corrected chi connectivity index (χ1v) is 20.8. The van der Waals surface area contributed by atoms with Crippen molar-refractivity contribution in [1.82, 2.24) is 0 Å². The van der Waals surface area contributed by atoms with E-state index in [9.17, 15) is 14.7 Å². The van der Waals surface area contributed by atoms with Gasteiger partial charge in [-0.05, 0) is 113 Å². The summed E-state index contributed by atoms with van der Waals surface area (Å²) in [7, 11) is 0. The molecule has 0 aromatic heterocycles. The van der Waals surface area contributed by atoms with Crippen LogP contribution in [0.4, 0.5) is 5.69 Å². The maximum absolute atomic E-state index is 12.5. The zero-order valence-electron chi connectivity index (χ0n) is 32.9. The Hall–Kier alpha value is -4.10. The van der Waals surface area contributed by atoms with E-state index in [4.69, 9.17) is 33.2 Å². The van der Waals surface area contributed by atoms with Crippen molar-refractivity contribution in [3.8, 4) is 11.5 Å². The third-order valence-electron chi connectivity index (χ3n) is 10.6. The number of aliphatic hydroxyl groups excluding tert-OH is 1. The van der Waals surface area contributed by atoms with Crippen molar-refractivity contribution in [2.24, 2.45) is 5.92 Å². The van der Waals surface area contributed by atoms with Crippen LogP contribution in [0.15, 0.2) is 97.1 Å². The van der Waals surface area contributed by atoms with Gasteiger partial charge in [0, 0.05) is 43.2 Å². The molecule has 3 aliphatic rings. The molecule has 2 saturated heterocycles. The zero-order chi connectivity index (χ0) is 39.5. The van der Waals surface area contributed by atoms with Gasteiger partial charge >= 0.3 is 5.97 Å². The predicted octanol–water partition coefficient (Wildman–Crippen LogP) is 8.41. The van der Waals surface area contributed by atoms with Gasteiger partial charge in [-0.25, -0.2) is 0 Å². The standard InChI is InChI=1S/C46H59NO10/c48-40-31-41(57-44-24-14-16-30-52-44)45(54-33-38(56-43-23-13-15-29-51-43)32-53-36-19-9-6-10-20-36)39(40)21-11-3-1-2-4-12-22-42(49)55-37-27-25-35(26-28-37)47-46(50)34-17-7-5-8-18-34/h3,5-11,17-20,25-28,38-41,43-45,48H,1-2,4,12-16,21-24,29-33H2,(H,47,50)/b11-3-/t38?,39-,40-,41+,43?,44?,45+/m0/s1. The smallest absolute Gasteiger partial charge is 0.311 e. The van der Waals surface area contributed by atoms with Gasteiger partial charge in [0.05, 0.1) is 24.9 Å². The molecule has 1 amide bonds. The van der Waals surface area contributed by atoms with E-state index in [-0.39, 0.29) is 55.3 Å². The molecular formula is C46H59NO10. The Balaban J connectivity index is 0.938. The molecule has 7 atom stereocenters. The SMILES string of the molecule is O=C(CCCCC/C=C\C[C@@H]1[C@@H](OCC(COc2ccccc2)OC2CCCCO2)[C@H](OC2CCCCO2)C[C@@H]1O)Oc1ccc(NC(=O)c2ccccc2)cc1. The Kier molecular flexibility index (Phi) is 17.4. The summed E-state index contributed by atoms with van der Waals surface area (Å²) in [4.78, 5) is 24.9. The Morgan fingerprint density at radius 2 is 1.51 bits per heavy atom. The van der Waals surface area contributed by atoms with Gasteiger partial charge in [0.1, 0.15) is 24.2 Å². The maximum atomic E-state index is 12.5. The molecule has 2 N–H and O–H groups in total. The van der Waals surface area contributed by atoms with E-state index in [1.807, 2.05) is 48.5 Å². The number of ether oxygens (including phenoxy) is 7. The van der Waals surface area contributed by atoms with Crippen molar-refractivity contribution in [2.75, 3.05) is 31.7 Å². The molecule has 3 unspecified atom stereocenters. The average molecular weight is 786 g/mol. The lowest BCUT2D eigenvalue weighted by atomic mass is 9.98. The second-order valence-corrected chi connectivity index (χ2v) is 15.0. The number of allylic oxidation sites excluding steroid dienone is 2. The molecule has 11 nitrogen and oxygen atoms in total. The van der Waals surface area contributed by atoms with Crippen molar-refractivity contribution in [3.63, 3.8) is 0 Å². The molecule has 1 aliphatic carbocycles. The van der Waals surface area contributed by atoms with Crippen molar-refractivity contribution in [2.45, 2.75) is 120 Å². The van der Waals surface area contributed by atoms with E-state index in [1.54, 1.807) is 36.4 Å². The van der Waals surface area contributed by atoms with Crippen molar-refractivity contribution in [3.05, 3.63) is 103 Å². The summed E-state index contributed by atoms with van der Waals surface area (Å²) in [5.74, 6) is 0.571. The fourth-order valence-electron chi connectivity index (χ4n) is 7.46. The molecule has 2 aliphatic heterocycles. The Bertz CT molecular complexity index is 1630. The van der Waals surface area contributed by atoms with Gasteiger partial charge < -0.3 is 43.6 Å². The molecule has 57 heavy (non-hydrogen) atoms. The van der Waals surface area contributed by atoms with E-state index in [0.29, 0.717) is 56.1 Å². The highest BCUT2D eigenvalue weighted by molar-refractivity contribution is 6.04. The first-order chi connectivity index (χ1) is 28.0. The van der Waals surface area contributed by atoms with Crippen LogP contribution in [0.1, 0.15) is 93.8 Å². The van der Waals surface area contributed by atoms with Crippen molar-refractivity contribution < 1.29 is 47.9 Å². The van der Waals surface area contributed by atoms with Crippen LogP contribution >= 0.6 is 0 Å². The van der Waals surface area contributed by atoms with Gasteiger partial charge in [0.15, 0.2) is 12.6 Å². The largest absolute Gasteiger partial charge is 0.491 e. The number of hydrogen-bond donors (Lipinski definition) is 2. The molecule has 2 heterocycles. The number of carbonyl (C=O) groups is 2. The summed E-state index contributed by atoms with van der Waals surface area (Å²) in [6.45, 7) is 1.94. The molecule has 3 fully saturated rings. The van der Waals surface area contributed by atoms with E-state index in [0.717, 1.165) is 70.0 Å². The first-order valence-electron chi connectivity index (χ1n) is 20.8. The summed E-state index contributed by atoms with van der Waals surface area (Å²) in [5.41, 5.74) is 1.19. The highest BCUT2D eigenvalue weighted by Gasteiger charge is 2.45. The molecule has 3 aromatic rings. The lowest BCUT2D eigenvalue weighted by molar-refractivity contribution is -0.226. The second kappa shape index (κ2) is 23.3. The van der Waals surface area contributed by atoms with Crippen LogP contribution in [0.3, 0.4) is 0 Å². The van der Waals surface area contributed by atoms with E-state index >= 15 is 0 Å². The van der Waals surface area contributed by atoms with Gasteiger partial charge in [-0.3, -0.25) is 9.59 Å². The number of unbranched alkanes of at least 4 members (excludes halogenated alkanes) is 3. The number of benzene rings is 3. The number of amides is 1. The summed E-state index contributed by atoms with van der Waals surface area (Å²) in [5, 5.41) is 14.1. The van der Waals surface area contributed by atoms with E-state index in [2.05, 4.69) is 17.5 Å². The number of aliphatic hydroxyl groups is 1. The molecule has 1 saturated carbocycles. The highest BCUT2D eigenvalue weighted by atomic mass is 16.7. The minimum Gasteiger partial charge on any atom is -0.491 e. The third kappa shape index (κ3) is 14.3. The van der Waals surface area contributed by atoms with Crippen LogP contribution in [-0.4, -0.2) is 80.4 Å². The minimum atomic E-state index is -0.579. The van der Waals surface area contributed by atoms with Gasteiger partial charge in [0.25, 0.3) is 5.91 Å². The number of anilines is 1. The third-order valence-corrected chi connectivity index (χ3v) is 10.6. The maximum Gasteiger partial charge on any atom is 0.311 e. The number of rotatable bonds is 21. The summed E-state index contributed by atoms with van der Waals surface area (Å²) < 4.78 is 42.9. The quantitative estimate of drug-likeness (QED) is 0.0470. The van der Waals surface area contributed by atoms with Crippen LogP contribution in [0, 0.1) is 5.92 Å². The fraction of sp³-hybridized carbons (Fsp3) is 0.522. The van der Waals surface area contributed by atoms with Crippen LogP contribution in [0.2, 0.25) is 0 Å². The minimum absolute atomic E-state index is 0.152. The lowest BCUT2D eigenvalue weighted by Gasteiger charge is -2.32. The highest BCUT2D eigenvalue weighted by Crippen LogP contribution is 2.36. The molecular weight excluding hydrogens is 727 g/mol. The molecule has 308 valence electrons. The van der Waals surface area contributed by atoms with Gasteiger partial charge in [0.2, 0.25) is 0 Å².